The van der Waals surface area contributed by atoms with Crippen molar-refractivity contribution in [1.29, 1.82) is 0 Å². The first kappa shape index (κ1) is 13.5. The number of hydrogen-bond acceptors (Lipinski definition) is 4. The smallest absolute Gasteiger partial charge is 0.251 e. The van der Waals surface area contributed by atoms with Crippen LogP contribution in [0.25, 0.3) is 0 Å². The van der Waals surface area contributed by atoms with E-state index in [1.54, 1.807) is 0 Å². The van der Waals surface area contributed by atoms with Crippen LogP contribution in [-0.4, -0.2) is 36.4 Å². The molecule has 0 aliphatic carbocycles. The van der Waals surface area contributed by atoms with E-state index in [-0.39, 0.29) is 12.5 Å². The summed E-state index contributed by atoms with van der Waals surface area (Å²) in [6.07, 6.45) is 1.14. The molecule has 2 aliphatic heterocycles. The molecule has 0 saturated carbocycles. The largest absolute Gasteiger partial charge is 0.388 e. The molecular formula is C15H20N2O3. The Labute approximate surface area is 118 Å². The van der Waals surface area contributed by atoms with E-state index in [9.17, 15) is 9.90 Å². The van der Waals surface area contributed by atoms with Crippen molar-refractivity contribution >= 4 is 5.91 Å². The van der Waals surface area contributed by atoms with Gasteiger partial charge in [-0.25, -0.2) is 0 Å². The van der Waals surface area contributed by atoms with Crippen LogP contribution in [0.4, 0.5) is 0 Å². The second-order valence-electron chi connectivity index (χ2n) is 5.61. The van der Waals surface area contributed by atoms with Gasteiger partial charge in [-0.1, -0.05) is 6.07 Å². The van der Waals surface area contributed by atoms with E-state index in [4.69, 9.17) is 4.74 Å². The van der Waals surface area contributed by atoms with Crippen molar-refractivity contribution in [3.8, 4) is 0 Å². The molecule has 2 aliphatic rings. The van der Waals surface area contributed by atoms with Crippen LogP contribution in [0, 0.1) is 0 Å². The molecule has 2 heterocycles. The van der Waals surface area contributed by atoms with Gasteiger partial charge in [-0.15, -0.1) is 0 Å². The monoisotopic (exact) mass is 276 g/mol. The van der Waals surface area contributed by atoms with Gasteiger partial charge in [0.05, 0.1) is 5.60 Å². The van der Waals surface area contributed by atoms with E-state index < -0.39 is 5.60 Å². The number of rotatable bonds is 3. The van der Waals surface area contributed by atoms with Crippen molar-refractivity contribution in [1.82, 2.24) is 10.6 Å². The third-order valence-electron chi connectivity index (χ3n) is 4.10. The van der Waals surface area contributed by atoms with E-state index in [1.807, 2.05) is 18.2 Å². The van der Waals surface area contributed by atoms with Crippen LogP contribution in [0.5, 0.6) is 0 Å². The third-order valence-corrected chi connectivity index (χ3v) is 4.10. The van der Waals surface area contributed by atoms with Crippen molar-refractivity contribution in [2.45, 2.75) is 31.5 Å². The van der Waals surface area contributed by atoms with Gasteiger partial charge in [0.1, 0.15) is 0 Å². The average Bonchev–Trinajstić information content (AvgIpc) is 2.93. The van der Waals surface area contributed by atoms with E-state index in [0.717, 1.165) is 13.1 Å². The Bertz CT molecular complexity index is 510. The highest BCUT2D eigenvalue weighted by atomic mass is 16.5. The lowest BCUT2D eigenvalue weighted by Gasteiger charge is -2.32. The molecule has 0 spiro atoms. The zero-order chi connectivity index (χ0) is 14.0. The summed E-state index contributed by atoms with van der Waals surface area (Å²) in [5.41, 5.74) is 2.27. The first-order valence-corrected chi connectivity index (χ1v) is 7.07. The van der Waals surface area contributed by atoms with E-state index in [1.165, 1.54) is 11.1 Å². The quantitative estimate of drug-likeness (QED) is 0.754. The van der Waals surface area contributed by atoms with Gasteiger partial charge in [0.2, 0.25) is 0 Å². The van der Waals surface area contributed by atoms with Crippen molar-refractivity contribution < 1.29 is 14.6 Å². The Morgan fingerprint density at radius 3 is 2.85 bits per heavy atom. The number of amides is 1. The number of benzene rings is 1. The van der Waals surface area contributed by atoms with E-state index in [0.29, 0.717) is 31.6 Å². The first-order valence-electron chi connectivity index (χ1n) is 7.07. The summed E-state index contributed by atoms with van der Waals surface area (Å²) in [4.78, 5) is 12.2. The normalized spacial score (nSPS) is 20.4. The number of ether oxygens (including phenoxy) is 1. The van der Waals surface area contributed by atoms with Gasteiger partial charge in [-0.2, -0.15) is 0 Å². The Morgan fingerprint density at radius 2 is 2.05 bits per heavy atom. The van der Waals surface area contributed by atoms with Crippen molar-refractivity contribution in [2.75, 3.05) is 19.8 Å². The molecule has 20 heavy (non-hydrogen) atoms. The molecule has 1 fully saturated rings. The molecule has 5 heteroatoms. The maximum Gasteiger partial charge on any atom is 0.251 e. The predicted octanol–water partition coefficient (Wildman–Crippen LogP) is 0.561. The summed E-state index contributed by atoms with van der Waals surface area (Å²) >= 11 is 0. The zero-order valence-corrected chi connectivity index (χ0v) is 11.4. The topological polar surface area (TPSA) is 70.6 Å². The minimum absolute atomic E-state index is 0.125. The van der Waals surface area contributed by atoms with E-state index >= 15 is 0 Å². The highest BCUT2D eigenvalue weighted by molar-refractivity contribution is 5.94. The summed E-state index contributed by atoms with van der Waals surface area (Å²) in [5.74, 6) is -0.125. The van der Waals surface area contributed by atoms with Crippen LogP contribution >= 0.6 is 0 Å². The molecule has 1 aromatic rings. The van der Waals surface area contributed by atoms with Crippen LogP contribution in [0.1, 0.15) is 34.3 Å². The molecule has 1 saturated heterocycles. The van der Waals surface area contributed by atoms with Crippen LogP contribution in [-0.2, 0) is 17.8 Å². The fourth-order valence-electron chi connectivity index (χ4n) is 2.71. The predicted molar refractivity (Wildman–Crippen MR) is 74.3 cm³/mol. The number of nitrogens with one attached hydrogen (secondary N) is 2. The Kier molecular flexibility index (Phi) is 3.74. The lowest BCUT2D eigenvalue weighted by Crippen LogP contribution is -2.46. The molecule has 3 rings (SSSR count). The summed E-state index contributed by atoms with van der Waals surface area (Å²) in [6, 6.07) is 5.77. The van der Waals surface area contributed by atoms with Gasteiger partial charge >= 0.3 is 0 Å². The highest BCUT2D eigenvalue weighted by Gasteiger charge is 2.30. The fraction of sp³-hybridized carbons (Fsp3) is 0.533. The fourth-order valence-corrected chi connectivity index (χ4v) is 2.71. The van der Waals surface area contributed by atoms with Crippen LogP contribution < -0.4 is 10.6 Å². The van der Waals surface area contributed by atoms with Crippen molar-refractivity contribution in [2.24, 2.45) is 0 Å². The van der Waals surface area contributed by atoms with Crippen molar-refractivity contribution in [3.05, 3.63) is 34.9 Å². The maximum absolute atomic E-state index is 12.2. The molecule has 0 bridgehead atoms. The number of carbonyl (C=O) groups excluding carboxylic acids is 1. The third kappa shape index (κ3) is 2.85. The van der Waals surface area contributed by atoms with Crippen LogP contribution in [0.2, 0.25) is 0 Å². The van der Waals surface area contributed by atoms with Crippen LogP contribution in [0.3, 0.4) is 0 Å². The molecular weight excluding hydrogens is 256 g/mol. The first-order chi connectivity index (χ1) is 9.66. The Morgan fingerprint density at radius 1 is 1.30 bits per heavy atom. The molecule has 0 radical (unpaired) electrons. The molecule has 0 aromatic heterocycles. The van der Waals surface area contributed by atoms with Gasteiger partial charge in [0.15, 0.2) is 0 Å². The molecule has 1 amide bonds. The summed E-state index contributed by atoms with van der Waals surface area (Å²) in [7, 11) is 0. The molecule has 108 valence electrons. The number of aliphatic hydroxyl groups is 1. The SMILES string of the molecule is O=C(NCC1(O)CCOCC1)c1ccc2c(c1)CNC2. The Balaban J connectivity index is 1.61. The van der Waals surface area contributed by atoms with E-state index in [2.05, 4.69) is 10.6 Å². The van der Waals surface area contributed by atoms with Gasteiger partial charge in [0, 0.05) is 51.3 Å². The maximum atomic E-state index is 12.2. The van der Waals surface area contributed by atoms with Gasteiger partial charge in [0.25, 0.3) is 5.91 Å². The molecule has 1 aromatic carbocycles. The van der Waals surface area contributed by atoms with Gasteiger partial charge in [-0.3, -0.25) is 4.79 Å². The second-order valence-corrected chi connectivity index (χ2v) is 5.61. The molecule has 0 unspecified atom stereocenters. The van der Waals surface area contributed by atoms with Crippen molar-refractivity contribution in [3.63, 3.8) is 0 Å². The second kappa shape index (κ2) is 5.52. The molecule has 0 atom stereocenters. The number of carbonyl (C=O) groups is 1. The minimum atomic E-state index is -0.827. The van der Waals surface area contributed by atoms with Crippen LogP contribution in [0.15, 0.2) is 18.2 Å². The zero-order valence-electron chi connectivity index (χ0n) is 11.4. The lowest BCUT2D eigenvalue weighted by molar-refractivity contribution is -0.0605. The Hall–Kier alpha value is -1.43. The summed E-state index contributed by atoms with van der Waals surface area (Å²) < 4.78 is 5.23. The highest BCUT2D eigenvalue weighted by Crippen LogP contribution is 2.20. The van der Waals surface area contributed by atoms with Gasteiger partial charge < -0.3 is 20.5 Å². The summed E-state index contributed by atoms with van der Waals surface area (Å²) in [6.45, 7) is 3.08. The molecule has 3 N–H and O–H groups in total. The molecule has 5 nitrogen and oxygen atoms in total. The summed E-state index contributed by atoms with van der Waals surface area (Å²) in [5, 5.41) is 16.4. The number of fused-ring (bicyclic) bond motifs is 1. The average molecular weight is 276 g/mol. The standard InChI is InChI=1S/C15H20N2O3/c18-14(17-10-15(19)3-5-20-6-4-15)11-1-2-12-8-16-9-13(12)7-11/h1-2,7,16,19H,3-6,8-10H2,(H,17,18). The van der Waals surface area contributed by atoms with Gasteiger partial charge in [-0.05, 0) is 23.3 Å². The number of hydrogen-bond donors (Lipinski definition) is 3. The lowest BCUT2D eigenvalue weighted by atomic mass is 9.94. The minimum Gasteiger partial charge on any atom is -0.388 e.